The molecule has 12 heteroatoms. The smallest absolute Gasteiger partial charge is 0.330 e. The third kappa shape index (κ3) is 20.9. The molecule has 0 amide bonds. The molecular weight excluding hydrogens is 573 g/mol. The molecule has 4 atom stereocenters. The lowest BCUT2D eigenvalue weighted by atomic mass is 10.1. The van der Waals surface area contributed by atoms with Crippen molar-refractivity contribution in [2.24, 2.45) is 11.8 Å². The Morgan fingerprint density at radius 1 is 0.878 bits per heavy atom. The van der Waals surface area contributed by atoms with Crippen molar-refractivity contribution in [3.8, 4) is 0 Å². The highest BCUT2D eigenvalue weighted by molar-refractivity contribution is 7.54. The predicted octanol–water partition coefficient (Wildman–Crippen LogP) is 8.10. The number of alkyl halides is 1. The van der Waals surface area contributed by atoms with Gasteiger partial charge in [-0.25, -0.2) is 0 Å². The van der Waals surface area contributed by atoms with E-state index in [-0.39, 0.29) is 31.0 Å². The van der Waals surface area contributed by atoms with Crippen LogP contribution in [0.25, 0.3) is 0 Å². The zero-order chi connectivity index (χ0) is 31.5. The number of hydrogen-bond acceptors (Lipinski definition) is 9. The Morgan fingerprint density at radius 2 is 1.34 bits per heavy atom. The number of aliphatic hydroxyl groups is 1. The van der Waals surface area contributed by atoms with Gasteiger partial charge in [0.1, 0.15) is 0 Å². The molecule has 2 fully saturated rings. The molecule has 0 saturated carbocycles. The predicted molar refractivity (Wildman–Crippen MR) is 162 cm³/mol. The molecule has 2 aliphatic rings. The maximum absolute atomic E-state index is 11.9. The number of esters is 1. The number of carbonyl (C=O) groups excluding carboxylic acids is 1. The summed E-state index contributed by atoms with van der Waals surface area (Å²) in [4.78, 5) is 11.8. The number of rotatable bonds is 20. The van der Waals surface area contributed by atoms with E-state index in [0.29, 0.717) is 32.0 Å². The fourth-order valence-electron chi connectivity index (χ4n) is 4.37. The quantitative estimate of drug-likeness (QED) is 0.0615. The van der Waals surface area contributed by atoms with Crippen molar-refractivity contribution < 1.29 is 47.6 Å². The van der Waals surface area contributed by atoms with Crippen LogP contribution in [-0.2, 0) is 36.8 Å². The number of unbranched alkanes of at least 4 members (excludes halogenated alkanes) is 11. The summed E-state index contributed by atoms with van der Waals surface area (Å²) in [7, 11) is -3.95. The Hall–Kier alpha value is -0.600. The number of carbonyl (C=O) groups is 1. The van der Waals surface area contributed by atoms with E-state index in [1.807, 2.05) is 0 Å². The minimum Gasteiger partial charge on any atom is -0.465 e. The molecule has 2 rings (SSSR count). The van der Waals surface area contributed by atoms with Gasteiger partial charge in [-0.05, 0) is 32.1 Å². The second-order valence-corrected chi connectivity index (χ2v) is 14.9. The highest BCUT2D eigenvalue weighted by Gasteiger charge is 2.36. The first-order valence-electron chi connectivity index (χ1n) is 15.8. The third-order valence-electron chi connectivity index (χ3n) is 6.91. The van der Waals surface area contributed by atoms with Gasteiger partial charge in [-0.1, -0.05) is 70.4 Å². The Labute approximate surface area is 249 Å². The van der Waals surface area contributed by atoms with Gasteiger partial charge in [0.05, 0.1) is 40.7 Å². The minimum absolute atomic E-state index is 0.00853. The van der Waals surface area contributed by atoms with E-state index in [1.165, 1.54) is 84.8 Å². The van der Waals surface area contributed by atoms with Gasteiger partial charge in [0.15, 0.2) is 0 Å². The number of halogens is 1. The summed E-state index contributed by atoms with van der Waals surface area (Å²) in [5.41, 5.74) is 0. The molecular formula is C29H57FO9P2. The molecule has 0 aromatic heterocycles. The van der Waals surface area contributed by atoms with Crippen LogP contribution < -0.4 is 0 Å². The second-order valence-electron chi connectivity index (χ2n) is 10.5. The van der Waals surface area contributed by atoms with Crippen molar-refractivity contribution in [2.75, 3.05) is 60.1 Å². The lowest BCUT2D eigenvalue weighted by molar-refractivity contribution is -0.145. The zero-order valence-electron chi connectivity index (χ0n) is 26.6. The van der Waals surface area contributed by atoms with Gasteiger partial charge in [0, 0.05) is 39.1 Å². The summed E-state index contributed by atoms with van der Waals surface area (Å²) in [6.07, 6.45) is 22.0. The van der Waals surface area contributed by atoms with Crippen molar-refractivity contribution in [1.29, 1.82) is 0 Å². The molecule has 244 valence electrons. The van der Waals surface area contributed by atoms with Crippen LogP contribution in [0, 0.1) is 11.8 Å². The van der Waals surface area contributed by atoms with Gasteiger partial charge >= 0.3 is 21.2 Å². The van der Waals surface area contributed by atoms with Gasteiger partial charge < -0.3 is 27.9 Å². The molecule has 0 aromatic carbocycles. The molecule has 9 nitrogen and oxygen atoms in total. The summed E-state index contributed by atoms with van der Waals surface area (Å²) < 4.78 is 63.4. The van der Waals surface area contributed by atoms with Crippen LogP contribution in [-0.4, -0.2) is 71.2 Å². The van der Waals surface area contributed by atoms with Crippen LogP contribution in [0.4, 0.5) is 4.39 Å². The summed E-state index contributed by atoms with van der Waals surface area (Å²) in [6.45, 7) is 3.24. The Kier molecular flexibility index (Phi) is 24.2. The highest BCUT2D eigenvalue weighted by Crippen LogP contribution is 2.54. The maximum atomic E-state index is 11.9. The van der Waals surface area contributed by atoms with Crippen molar-refractivity contribution >= 4 is 21.2 Å². The molecule has 41 heavy (non-hydrogen) atoms. The molecule has 0 aliphatic carbocycles. The molecule has 2 saturated heterocycles. The fraction of sp³-hybridized carbons (Fsp3) is 0.897. The van der Waals surface area contributed by atoms with E-state index in [0.717, 1.165) is 12.8 Å². The molecule has 1 N–H and O–H groups in total. The number of aliphatic hydroxyl groups excluding tert-OH is 1. The summed E-state index contributed by atoms with van der Waals surface area (Å²) in [5, 5.41) is 8.64. The topological polar surface area (TPSA) is 118 Å². The summed E-state index contributed by atoms with van der Waals surface area (Å²) in [6, 6.07) is 0. The first-order chi connectivity index (χ1) is 20.2. The molecule has 0 bridgehead atoms. The van der Waals surface area contributed by atoms with E-state index in [1.54, 1.807) is 0 Å². The molecule has 4 unspecified atom stereocenters. The second kappa shape index (κ2) is 25.9. The zero-order valence-corrected chi connectivity index (χ0v) is 27.4. The molecule has 0 spiro atoms. The average molecular weight is 632 g/mol. The van der Waals surface area contributed by atoms with Crippen molar-refractivity contribution in [3.05, 3.63) is 12.2 Å². The standard InChI is InChI=1S/C23H43O5P.C5H11O4P.CH3F/c1-3-4-5-6-7-8-9-10-11-12-13-14-15-16-17-18-23(24)27-19-22-20-28-29(25,21-22)26-2;1-8-10(7)4-5(2-6)3-9-10;1-2/h10-11,22H,3-9,12-21H2,1-2H3;5-6H,2-4H2,1H3;1H3/b11-10-;;/i;;1D. The Balaban J connectivity index is 0.00000106. The number of ether oxygens (including phenoxy) is 1. The molecule has 0 aromatic rings. The van der Waals surface area contributed by atoms with Crippen LogP contribution >= 0.6 is 15.2 Å². The summed E-state index contributed by atoms with van der Waals surface area (Å²) in [5.74, 6) is -0.189. The lowest BCUT2D eigenvalue weighted by Crippen LogP contribution is -2.16. The van der Waals surface area contributed by atoms with Crippen LogP contribution in [0.5, 0.6) is 0 Å². The first kappa shape index (κ1) is 38.4. The number of hydrogen-bond donors (Lipinski definition) is 1. The maximum Gasteiger partial charge on any atom is 0.330 e. The summed E-state index contributed by atoms with van der Waals surface area (Å²) >= 11 is 0. The van der Waals surface area contributed by atoms with Gasteiger partial charge in [-0.2, -0.15) is 0 Å². The van der Waals surface area contributed by atoms with Crippen molar-refractivity contribution in [2.45, 2.75) is 96.8 Å². The monoisotopic (exact) mass is 631 g/mol. The van der Waals surface area contributed by atoms with E-state index < -0.39 is 22.3 Å². The van der Waals surface area contributed by atoms with Crippen LogP contribution in [0.2, 0.25) is 0 Å². The van der Waals surface area contributed by atoms with E-state index in [9.17, 15) is 18.3 Å². The SMILES string of the molecule is CCCCCCCC/C=C\CCCCCCCC(=O)OCC1COP(=O)(OC)C1.COP1(=O)CC(CO)CO1.[2H]CF. The van der Waals surface area contributed by atoms with Crippen molar-refractivity contribution in [1.82, 2.24) is 0 Å². The molecule has 2 heterocycles. The van der Waals surface area contributed by atoms with Gasteiger partial charge in [0.25, 0.3) is 0 Å². The first-order valence-corrected chi connectivity index (χ1v) is 18.5. The van der Waals surface area contributed by atoms with Gasteiger partial charge in [0.2, 0.25) is 0 Å². The van der Waals surface area contributed by atoms with Crippen molar-refractivity contribution in [3.63, 3.8) is 0 Å². The highest BCUT2D eigenvalue weighted by atomic mass is 31.2. The molecule has 0 radical (unpaired) electrons. The molecule has 2 aliphatic heterocycles. The normalized spacial score (nSPS) is 25.7. The number of allylic oxidation sites excluding steroid dienone is 2. The van der Waals surface area contributed by atoms with Crippen LogP contribution in [0.15, 0.2) is 12.2 Å². The largest absolute Gasteiger partial charge is 0.465 e. The van der Waals surface area contributed by atoms with Crippen LogP contribution in [0.3, 0.4) is 0 Å². The lowest BCUT2D eigenvalue weighted by Gasteiger charge is -2.09. The minimum atomic E-state index is -2.92. The third-order valence-corrected chi connectivity index (χ3v) is 11.0. The van der Waals surface area contributed by atoms with Gasteiger partial charge in [-0.3, -0.25) is 18.3 Å². The average Bonchev–Trinajstić information content (AvgIpc) is 3.58. The Morgan fingerprint density at radius 3 is 1.80 bits per heavy atom. The van der Waals surface area contributed by atoms with E-state index >= 15 is 0 Å². The van der Waals surface area contributed by atoms with E-state index in [2.05, 4.69) is 23.6 Å². The fourth-order valence-corrected chi connectivity index (χ4v) is 7.66. The Bertz CT molecular complexity index is 788. The van der Waals surface area contributed by atoms with Gasteiger partial charge in [-0.15, -0.1) is 0 Å². The van der Waals surface area contributed by atoms with Crippen LogP contribution in [0.1, 0.15) is 98.2 Å². The van der Waals surface area contributed by atoms with E-state index in [4.69, 9.17) is 24.8 Å².